The highest BCUT2D eigenvalue weighted by atomic mass is 16.5. The summed E-state index contributed by atoms with van der Waals surface area (Å²) in [5.74, 6) is 0.158. The summed E-state index contributed by atoms with van der Waals surface area (Å²) in [4.78, 5) is 14.0. The third kappa shape index (κ3) is 3.69. The fraction of sp³-hybridized carbons (Fsp3) is 0.833. The highest BCUT2D eigenvalue weighted by Crippen LogP contribution is 2.27. The third-order valence-electron chi connectivity index (χ3n) is 3.19. The SMILES string of the molecule is N#CCCN(C(=O)CC1COCCN1)C1CC1. The predicted octanol–water partition coefficient (Wildman–Crippen LogP) is 0.270. The van der Waals surface area contributed by atoms with Crippen LogP contribution < -0.4 is 5.32 Å². The molecule has 17 heavy (non-hydrogen) atoms. The molecule has 2 aliphatic rings. The molecule has 0 aromatic heterocycles. The second-order valence-corrected chi connectivity index (χ2v) is 4.66. The van der Waals surface area contributed by atoms with E-state index in [1.54, 1.807) is 0 Å². The smallest absolute Gasteiger partial charge is 0.224 e. The zero-order chi connectivity index (χ0) is 12.1. The van der Waals surface area contributed by atoms with Crippen LogP contribution in [0.15, 0.2) is 0 Å². The highest BCUT2D eigenvalue weighted by Gasteiger charge is 2.33. The maximum atomic E-state index is 12.1. The molecule has 1 aliphatic heterocycles. The van der Waals surface area contributed by atoms with Crippen molar-refractivity contribution in [1.29, 1.82) is 5.26 Å². The molecule has 94 valence electrons. The molecular formula is C12H19N3O2. The lowest BCUT2D eigenvalue weighted by Gasteiger charge is -2.27. The summed E-state index contributed by atoms with van der Waals surface area (Å²) in [5, 5.41) is 11.9. The van der Waals surface area contributed by atoms with Crippen LogP contribution in [0.2, 0.25) is 0 Å². The van der Waals surface area contributed by atoms with Gasteiger partial charge < -0.3 is 15.0 Å². The van der Waals surface area contributed by atoms with Crippen molar-refractivity contribution in [3.8, 4) is 6.07 Å². The lowest BCUT2D eigenvalue weighted by Crippen LogP contribution is -2.45. The number of rotatable bonds is 5. The van der Waals surface area contributed by atoms with E-state index in [1.807, 2.05) is 4.90 Å². The van der Waals surface area contributed by atoms with Gasteiger partial charge in [0.2, 0.25) is 5.91 Å². The number of nitrogens with one attached hydrogen (secondary N) is 1. The number of nitriles is 1. The minimum atomic E-state index is 0.139. The molecule has 0 radical (unpaired) electrons. The van der Waals surface area contributed by atoms with Crippen LogP contribution in [0.4, 0.5) is 0 Å². The largest absolute Gasteiger partial charge is 0.378 e. The van der Waals surface area contributed by atoms with E-state index in [9.17, 15) is 4.79 Å². The minimum absolute atomic E-state index is 0.139. The van der Waals surface area contributed by atoms with Crippen LogP contribution in [0, 0.1) is 11.3 Å². The van der Waals surface area contributed by atoms with Crippen LogP contribution in [-0.2, 0) is 9.53 Å². The van der Waals surface area contributed by atoms with Gasteiger partial charge in [0, 0.05) is 31.6 Å². The fourth-order valence-electron chi connectivity index (χ4n) is 2.15. The van der Waals surface area contributed by atoms with E-state index in [-0.39, 0.29) is 11.9 Å². The Balaban J connectivity index is 1.80. The summed E-state index contributed by atoms with van der Waals surface area (Å²) in [6.45, 7) is 2.74. The Morgan fingerprint density at radius 3 is 2.94 bits per heavy atom. The highest BCUT2D eigenvalue weighted by molar-refractivity contribution is 5.77. The summed E-state index contributed by atoms with van der Waals surface area (Å²) >= 11 is 0. The molecule has 1 saturated heterocycles. The van der Waals surface area contributed by atoms with Gasteiger partial charge in [-0.25, -0.2) is 0 Å². The van der Waals surface area contributed by atoms with Crippen molar-refractivity contribution in [2.24, 2.45) is 0 Å². The van der Waals surface area contributed by atoms with Crippen molar-refractivity contribution < 1.29 is 9.53 Å². The Kier molecular flexibility index (Phi) is 4.35. The van der Waals surface area contributed by atoms with Gasteiger partial charge >= 0.3 is 0 Å². The molecule has 1 atom stereocenters. The number of ether oxygens (including phenoxy) is 1. The van der Waals surface area contributed by atoms with Crippen molar-refractivity contribution in [3.05, 3.63) is 0 Å². The molecule has 1 amide bonds. The first-order valence-electron chi connectivity index (χ1n) is 6.29. The first-order chi connectivity index (χ1) is 8.31. The van der Waals surface area contributed by atoms with Gasteiger partial charge in [-0.1, -0.05) is 0 Å². The Labute approximate surface area is 102 Å². The third-order valence-corrected chi connectivity index (χ3v) is 3.19. The van der Waals surface area contributed by atoms with E-state index in [4.69, 9.17) is 10.00 Å². The first kappa shape index (κ1) is 12.3. The molecule has 1 heterocycles. The van der Waals surface area contributed by atoms with Crippen LogP contribution in [0.25, 0.3) is 0 Å². The van der Waals surface area contributed by atoms with Crippen molar-refractivity contribution in [2.45, 2.75) is 37.8 Å². The van der Waals surface area contributed by atoms with Crippen LogP contribution in [-0.4, -0.2) is 49.2 Å². The zero-order valence-corrected chi connectivity index (χ0v) is 10.0. The number of amides is 1. The summed E-state index contributed by atoms with van der Waals surface area (Å²) < 4.78 is 5.33. The summed E-state index contributed by atoms with van der Waals surface area (Å²) in [6.07, 6.45) is 3.09. The van der Waals surface area contributed by atoms with E-state index in [1.165, 1.54) is 0 Å². The molecule has 2 rings (SSSR count). The number of hydrogen-bond acceptors (Lipinski definition) is 4. The van der Waals surface area contributed by atoms with Gasteiger partial charge in [0.05, 0.1) is 25.7 Å². The Bertz CT molecular complexity index is 303. The molecule has 1 aliphatic carbocycles. The summed E-state index contributed by atoms with van der Waals surface area (Å²) in [6, 6.07) is 2.63. The molecule has 1 N–H and O–H groups in total. The minimum Gasteiger partial charge on any atom is -0.378 e. The Hall–Kier alpha value is -1.12. The first-order valence-corrected chi connectivity index (χ1v) is 6.29. The Morgan fingerprint density at radius 2 is 2.35 bits per heavy atom. The van der Waals surface area contributed by atoms with Crippen molar-refractivity contribution in [1.82, 2.24) is 10.2 Å². The number of hydrogen-bond donors (Lipinski definition) is 1. The maximum Gasteiger partial charge on any atom is 0.224 e. The summed E-state index contributed by atoms with van der Waals surface area (Å²) in [7, 11) is 0. The van der Waals surface area contributed by atoms with Gasteiger partial charge in [0.15, 0.2) is 0 Å². The van der Waals surface area contributed by atoms with Crippen LogP contribution >= 0.6 is 0 Å². The Morgan fingerprint density at radius 1 is 1.53 bits per heavy atom. The van der Waals surface area contributed by atoms with Gasteiger partial charge in [-0.05, 0) is 12.8 Å². The number of carbonyl (C=O) groups excluding carboxylic acids is 1. The second kappa shape index (κ2) is 5.99. The average Bonchev–Trinajstić information content (AvgIpc) is 3.15. The van der Waals surface area contributed by atoms with Gasteiger partial charge in [0.25, 0.3) is 0 Å². The van der Waals surface area contributed by atoms with Crippen LogP contribution in [0.5, 0.6) is 0 Å². The molecule has 1 saturated carbocycles. The normalized spacial score (nSPS) is 24.1. The molecule has 0 aromatic carbocycles. The monoisotopic (exact) mass is 237 g/mol. The lowest BCUT2D eigenvalue weighted by molar-refractivity contribution is -0.133. The number of carbonyl (C=O) groups is 1. The van der Waals surface area contributed by atoms with E-state index in [0.29, 0.717) is 32.0 Å². The number of morpholine rings is 1. The number of nitrogens with zero attached hydrogens (tertiary/aromatic N) is 2. The average molecular weight is 237 g/mol. The van der Waals surface area contributed by atoms with E-state index in [2.05, 4.69) is 11.4 Å². The molecule has 0 spiro atoms. The van der Waals surface area contributed by atoms with Crippen molar-refractivity contribution in [3.63, 3.8) is 0 Å². The molecule has 0 bridgehead atoms. The maximum absolute atomic E-state index is 12.1. The molecule has 5 nitrogen and oxygen atoms in total. The lowest BCUT2D eigenvalue weighted by atomic mass is 10.1. The molecular weight excluding hydrogens is 218 g/mol. The van der Waals surface area contributed by atoms with E-state index >= 15 is 0 Å². The van der Waals surface area contributed by atoms with Crippen molar-refractivity contribution >= 4 is 5.91 Å². The molecule has 0 aromatic rings. The van der Waals surface area contributed by atoms with Crippen LogP contribution in [0.3, 0.4) is 0 Å². The quantitative estimate of drug-likeness (QED) is 0.745. The van der Waals surface area contributed by atoms with Crippen LogP contribution in [0.1, 0.15) is 25.7 Å². The standard InChI is InChI=1S/C12H19N3O2/c13-4-1-6-15(11-2-3-11)12(16)8-10-9-17-7-5-14-10/h10-11,14H,1-3,5-9H2. The van der Waals surface area contributed by atoms with Gasteiger partial charge in [-0.3, -0.25) is 4.79 Å². The molecule has 5 heteroatoms. The van der Waals surface area contributed by atoms with Crippen molar-refractivity contribution in [2.75, 3.05) is 26.3 Å². The molecule has 1 unspecified atom stereocenters. The predicted molar refractivity (Wildman–Crippen MR) is 62.2 cm³/mol. The second-order valence-electron chi connectivity index (χ2n) is 4.66. The topological polar surface area (TPSA) is 65.4 Å². The van der Waals surface area contributed by atoms with Gasteiger partial charge in [-0.15, -0.1) is 0 Å². The van der Waals surface area contributed by atoms with Gasteiger partial charge in [0.1, 0.15) is 0 Å². The summed E-state index contributed by atoms with van der Waals surface area (Å²) in [5.41, 5.74) is 0. The van der Waals surface area contributed by atoms with E-state index in [0.717, 1.165) is 26.0 Å². The zero-order valence-electron chi connectivity index (χ0n) is 10.0. The van der Waals surface area contributed by atoms with E-state index < -0.39 is 0 Å². The van der Waals surface area contributed by atoms with Gasteiger partial charge in [-0.2, -0.15) is 5.26 Å². The molecule has 2 fully saturated rings. The fourth-order valence-corrected chi connectivity index (χ4v) is 2.15.